The zero-order valence-corrected chi connectivity index (χ0v) is 12.4. The molecule has 0 atom stereocenters. The third-order valence-electron chi connectivity index (χ3n) is 2.18. The molecular weight excluding hydrogens is 364 g/mol. The topological polar surface area (TPSA) is 72.9 Å². The van der Waals surface area contributed by atoms with E-state index in [0.29, 0.717) is 10.3 Å². The average molecular weight is 374 g/mol. The van der Waals surface area contributed by atoms with Crippen molar-refractivity contribution in [2.45, 2.75) is 6.54 Å². The van der Waals surface area contributed by atoms with Crippen LogP contribution in [0.1, 0.15) is 0 Å². The predicted octanol–water partition coefficient (Wildman–Crippen LogP) is 2.63. The molecule has 0 fully saturated rings. The summed E-state index contributed by atoms with van der Waals surface area (Å²) in [7, 11) is 0. The third kappa shape index (κ3) is 3.33. The van der Waals surface area contributed by atoms with Crippen LogP contribution in [0.15, 0.2) is 39.4 Å². The Bertz CT molecular complexity index is 545. The first-order valence-corrected chi connectivity index (χ1v) is 6.67. The van der Waals surface area contributed by atoms with E-state index in [1.165, 1.54) is 4.68 Å². The van der Waals surface area contributed by atoms with Gasteiger partial charge in [0.25, 0.3) is 0 Å². The second-order valence-electron chi connectivity index (χ2n) is 3.61. The number of aromatic nitrogens is 2. The Morgan fingerprint density at radius 1 is 1.33 bits per heavy atom. The molecule has 2 rings (SSSR count). The van der Waals surface area contributed by atoms with Gasteiger partial charge in [-0.15, -0.1) is 0 Å². The van der Waals surface area contributed by atoms with Gasteiger partial charge in [-0.3, -0.25) is 9.48 Å². The molecule has 2 aromatic rings. The molecule has 0 aliphatic carbocycles. The molecule has 1 aromatic heterocycles. The number of rotatable bonds is 3. The van der Waals surface area contributed by atoms with Gasteiger partial charge in [-0.2, -0.15) is 5.10 Å². The van der Waals surface area contributed by atoms with Crippen molar-refractivity contribution in [1.29, 1.82) is 0 Å². The summed E-state index contributed by atoms with van der Waals surface area (Å²) in [4.78, 5) is 11.7. The number of hydrogen-bond donors (Lipinski definition) is 2. The van der Waals surface area contributed by atoms with Crippen molar-refractivity contribution in [3.8, 4) is 0 Å². The zero-order valence-electron chi connectivity index (χ0n) is 9.23. The van der Waals surface area contributed by atoms with Gasteiger partial charge >= 0.3 is 0 Å². The normalized spacial score (nSPS) is 10.3. The van der Waals surface area contributed by atoms with E-state index in [2.05, 4.69) is 42.3 Å². The van der Waals surface area contributed by atoms with Crippen LogP contribution in [-0.2, 0) is 11.3 Å². The molecule has 94 valence electrons. The van der Waals surface area contributed by atoms with Gasteiger partial charge in [0.2, 0.25) is 5.91 Å². The highest BCUT2D eigenvalue weighted by molar-refractivity contribution is 9.10. The second kappa shape index (κ2) is 5.53. The van der Waals surface area contributed by atoms with Gasteiger partial charge in [-0.05, 0) is 40.2 Å². The van der Waals surface area contributed by atoms with E-state index in [0.717, 1.165) is 10.2 Å². The minimum Gasteiger partial charge on any atom is -0.381 e. The molecule has 1 aromatic carbocycles. The van der Waals surface area contributed by atoms with Crippen LogP contribution in [-0.4, -0.2) is 15.7 Å². The summed E-state index contributed by atoms with van der Waals surface area (Å²) >= 11 is 6.57. The summed E-state index contributed by atoms with van der Waals surface area (Å²) < 4.78 is 3.12. The lowest BCUT2D eigenvalue weighted by molar-refractivity contribution is -0.116. The highest BCUT2D eigenvalue weighted by Gasteiger charge is 2.07. The fourth-order valence-electron chi connectivity index (χ4n) is 1.37. The molecule has 1 amide bonds. The summed E-state index contributed by atoms with van der Waals surface area (Å²) in [5, 5.41) is 6.75. The number of nitrogen functional groups attached to an aromatic ring is 1. The van der Waals surface area contributed by atoms with Crippen molar-refractivity contribution in [2.75, 3.05) is 11.1 Å². The average Bonchev–Trinajstić information content (AvgIpc) is 2.61. The van der Waals surface area contributed by atoms with Crippen LogP contribution in [0.5, 0.6) is 0 Å². The molecule has 0 radical (unpaired) electrons. The number of nitrogens with two attached hydrogens (primary N) is 1. The van der Waals surface area contributed by atoms with Crippen LogP contribution in [0.4, 0.5) is 11.5 Å². The van der Waals surface area contributed by atoms with E-state index >= 15 is 0 Å². The molecular formula is C11H10Br2N4O. The Morgan fingerprint density at radius 2 is 2.00 bits per heavy atom. The first-order chi connectivity index (χ1) is 8.54. The van der Waals surface area contributed by atoms with Crippen molar-refractivity contribution in [3.63, 3.8) is 0 Å². The number of carbonyl (C=O) groups is 1. The Labute approximate surface area is 121 Å². The lowest BCUT2D eigenvalue weighted by atomic mass is 10.3. The Hall–Kier alpha value is -1.34. The van der Waals surface area contributed by atoms with Gasteiger partial charge in [0.15, 0.2) is 5.82 Å². The number of nitrogens with zero attached hydrogens (tertiary/aromatic N) is 2. The fourth-order valence-corrected chi connectivity index (χ4v) is 1.95. The molecule has 7 heteroatoms. The van der Waals surface area contributed by atoms with Crippen molar-refractivity contribution < 1.29 is 4.79 Å². The maximum atomic E-state index is 11.7. The molecule has 0 saturated heterocycles. The van der Waals surface area contributed by atoms with E-state index < -0.39 is 0 Å². The Morgan fingerprint density at radius 3 is 2.56 bits per heavy atom. The molecule has 0 bridgehead atoms. The highest BCUT2D eigenvalue weighted by Crippen LogP contribution is 2.17. The number of benzene rings is 1. The summed E-state index contributed by atoms with van der Waals surface area (Å²) in [6.45, 7) is 0.117. The first-order valence-electron chi connectivity index (χ1n) is 5.08. The van der Waals surface area contributed by atoms with Gasteiger partial charge in [0.05, 0.1) is 4.47 Å². The zero-order chi connectivity index (χ0) is 13.1. The smallest absolute Gasteiger partial charge is 0.246 e. The maximum Gasteiger partial charge on any atom is 0.246 e. The van der Waals surface area contributed by atoms with E-state index in [9.17, 15) is 4.79 Å². The maximum absolute atomic E-state index is 11.7. The molecule has 5 nitrogen and oxygen atoms in total. The van der Waals surface area contributed by atoms with E-state index in [-0.39, 0.29) is 12.5 Å². The Balaban J connectivity index is 1.98. The summed E-state index contributed by atoms with van der Waals surface area (Å²) in [6.07, 6.45) is 1.66. The van der Waals surface area contributed by atoms with E-state index in [4.69, 9.17) is 5.73 Å². The molecule has 0 aliphatic rings. The molecule has 0 saturated carbocycles. The van der Waals surface area contributed by atoms with Crippen molar-refractivity contribution in [3.05, 3.63) is 39.4 Å². The van der Waals surface area contributed by atoms with Crippen LogP contribution >= 0.6 is 31.9 Å². The van der Waals surface area contributed by atoms with Gasteiger partial charge in [-0.25, -0.2) is 0 Å². The SMILES string of the molecule is Nc1nn(CC(=O)Nc2ccc(Br)cc2)cc1Br. The lowest BCUT2D eigenvalue weighted by Crippen LogP contribution is -2.19. The molecule has 18 heavy (non-hydrogen) atoms. The van der Waals surface area contributed by atoms with Crippen molar-refractivity contribution in [1.82, 2.24) is 9.78 Å². The minimum absolute atomic E-state index is 0.117. The lowest BCUT2D eigenvalue weighted by Gasteiger charge is -2.05. The molecule has 0 unspecified atom stereocenters. The van der Waals surface area contributed by atoms with Crippen molar-refractivity contribution >= 4 is 49.3 Å². The van der Waals surface area contributed by atoms with Crippen LogP contribution in [0, 0.1) is 0 Å². The second-order valence-corrected chi connectivity index (χ2v) is 5.38. The van der Waals surface area contributed by atoms with E-state index in [1.54, 1.807) is 6.20 Å². The number of nitrogens with one attached hydrogen (secondary N) is 1. The largest absolute Gasteiger partial charge is 0.381 e. The van der Waals surface area contributed by atoms with Crippen LogP contribution in [0.25, 0.3) is 0 Å². The van der Waals surface area contributed by atoms with Gasteiger partial charge in [0, 0.05) is 16.4 Å². The van der Waals surface area contributed by atoms with Gasteiger partial charge < -0.3 is 11.1 Å². The monoisotopic (exact) mass is 372 g/mol. The van der Waals surface area contributed by atoms with E-state index in [1.807, 2.05) is 24.3 Å². The quantitative estimate of drug-likeness (QED) is 0.868. The number of hydrogen-bond acceptors (Lipinski definition) is 3. The van der Waals surface area contributed by atoms with Crippen LogP contribution < -0.4 is 11.1 Å². The van der Waals surface area contributed by atoms with Gasteiger partial charge in [-0.1, -0.05) is 15.9 Å². The summed E-state index contributed by atoms with van der Waals surface area (Å²) in [5.41, 5.74) is 6.31. The molecule has 0 aliphatic heterocycles. The standard InChI is InChI=1S/C11H10Br2N4O/c12-7-1-3-8(4-2-7)15-10(18)6-17-5-9(13)11(14)16-17/h1-5H,6H2,(H2,14,16)(H,15,18). The fraction of sp³-hybridized carbons (Fsp3) is 0.0909. The minimum atomic E-state index is -0.160. The highest BCUT2D eigenvalue weighted by atomic mass is 79.9. The predicted molar refractivity (Wildman–Crippen MR) is 77.1 cm³/mol. The van der Waals surface area contributed by atoms with Crippen LogP contribution in [0.3, 0.4) is 0 Å². The third-order valence-corrected chi connectivity index (χ3v) is 3.32. The molecule has 0 spiro atoms. The Kier molecular flexibility index (Phi) is 4.03. The molecule has 3 N–H and O–H groups in total. The number of carbonyl (C=O) groups excluding carboxylic acids is 1. The first kappa shape index (κ1) is 13.1. The molecule has 1 heterocycles. The van der Waals surface area contributed by atoms with Gasteiger partial charge in [0.1, 0.15) is 6.54 Å². The van der Waals surface area contributed by atoms with Crippen molar-refractivity contribution in [2.24, 2.45) is 0 Å². The summed E-state index contributed by atoms with van der Waals surface area (Å²) in [5.74, 6) is 0.207. The number of halogens is 2. The van der Waals surface area contributed by atoms with Crippen LogP contribution in [0.2, 0.25) is 0 Å². The number of amides is 1. The number of anilines is 2. The summed E-state index contributed by atoms with van der Waals surface area (Å²) in [6, 6.07) is 7.35.